The summed E-state index contributed by atoms with van der Waals surface area (Å²) in [6, 6.07) is 19.0. The minimum Gasteiger partial charge on any atom is -0.300 e. The molecule has 2 aliphatic rings. The highest BCUT2D eigenvalue weighted by molar-refractivity contribution is 5.78. The van der Waals surface area contributed by atoms with Gasteiger partial charge in [-0.25, -0.2) is 0 Å². The monoisotopic (exact) mass is 514 g/mol. The molecule has 4 rings (SSSR count). The Morgan fingerprint density at radius 3 is 1.29 bits per heavy atom. The molecule has 2 aliphatic carbocycles. The van der Waals surface area contributed by atoms with E-state index in [4.69, 9.17) is 0 Å². The van der Waals surface area contributed by atoms with Crippen LogP contribution < -0.4 is 0 Å². The number of benzene rings is 2. The average Bonchev–Trinajstić information content (AvgIpc) is 2.98. The van der Waals surface area contributed by atoms with Gasteiger partial charge in [0.2, 0.25) is 0 Å². The zero-order chi connectivity index (χ0) is 26.6. The fourth-order valence-electron chi connectivity index (χ4n) is 7.10. The smallest absolute Gasteiger partial charge is 0.132 e. The van der Waals surface area contributed by atoms with Gasteiger partial charge in [-0.2, -0.15) is 0 Å². The molecule has 2 fully saturated rings. The number of aryl methyl sites for hydroxylation is 2. The standard InChI is InChI=1S/C37H54O/c1-3-5-7-29-9-19-33(20-10-29)35-23-13-31(14-24-35)17-27-37(38)28-18-32-15-25-36(26-16-32)34-21-11-30(12-22-34)8-6-4-2/h9-12,19-22,31-32,35-36H,3-8,13-18,23-28H2,1-2H3/t31-,32?,35-,36?. The molecular formula is C37H54O. The first-order valence-corrected chi connectivity index (χ1v) is 16.3. The van der Waals surface area contributed by atoms with E-state index in [1.807, 2.05) is 0 Å². The van der Waals surface area contributed by atoms with Gasteiger partial charge in [-0.05, 0) is 136 Å². The van der Waals surface area contributed by atoms with Crippen LogP contribution >= 0.6 is 0 Å². The van der Waals surface area contributed by atoms with Crippen molar-refractivity contribution < 1.29 is 4.79 Å². The topological polar surface area (TPSA) is 17.1 Å². The lowest BCUT2D eigenvalue weighted by Crippen LogP contribution is -2.16. The Hall–Kier alpha value is -1.89. The molecular weight excluding hydrogens is 460 g/mol. The maximum Gasteiger partial charge on any atom is 0.132 e. The van der Waals surface area contributed by atoms with Crippen LogP contribution in [0.25, 0.3) is 0 Å². The average molecular weight is 515 g/mol. The van der Waals surface area contributed by atoms with Crippen molar-refractivity contribution in [3.8, 4) is 0 Å². The van der Waals surface area contributed by atoms with E-state index in [0.29, 0.717) is 5.78 Å². The molecule has 2 saturated carbocycles. The second-order valence-corrected chi connectivity index (χ2v) is 12.7. The summed E-state index contributed by atoms with van der Waals surface area (Å²) in [6.45, 7) is 4.53. The molecule has 0 radical (unpaired) electrons. The molecule has 0 aromatic heterocycles. The molecule has 0 aliphatic heterocycles. The lowest BCUT2D eigenvalue weighted by molar-refractivity contribution is -0.119. The molecule has 208 valence electrons. The van der Waals surface area contributed by atoms with Crippen molar-refractivity contribution in [2.45, 2.75) is 141 Å². The van der Waals surface area contributed by atoms with Crippen molar-refractivity contribution in [2.24, 2.45) is 11.8 Å². The van der Waals surface area contributed by atoms with Crippen LogP contribution in [0.2, 0.25) is 0 Å². The molecule has 2 aromatic carbocycles. The Balaban J connectivity index is 1.08. The molecule has 0 bridgehead atoms. The first-order valence-electron chi connectivity index (χ1n) is 16.3. The number of Topliss-reactive ketones (excluding diaryl/α,β-unsaturated/α-hetero) is 1. The highest BCUT2D eigenvalue weighted by Gasteiger charge is 2.25. The fourth-order valence-corrected chi connectivity index (χ4v) is 7.10. The van der Waals surface area contributed by atoms with E-state index in [9.17, 15) is 4.79 Å². The van der Waals surface area contributed by atoms with E-state index in [1.54, 1.807) is 11.1 Å². The lowest BCUT2D eigenvalue weighted by atomic mass is 9.76. The van der Waals surface area contributed by atoms with Gasteiger partial charge in [-0.15, -0.1) is 0 Å². The number of unbranched alkanes of at least 4 members (excludes halogenated alkanes) is 2. The summed E-state index contributed by atoms with van der Waals surface area (Å²) in [7, 11) is 0. The molecule has 0 atom stereocenters. The van der Waals surface area contributed by atoms with E-state index >= 15 is 0 Å². The molecule has 0 spiro atoms. The van der Waals surface area contributed by atoms with E-state index in [-0.39, 0.29) is 0 Å². The molecule has 0 saturated heterocycles. The third kappa shape index (κ3) is 9.10. The van der Waals surface area contributed by atoms with Gasteiger partial charge in [0.25, 0.3) is 0 Å². The maximum absolute atomic E-state index is 12.7. The Kier molecular flexibility index (Phi) is 12.0. The lowest BCUT2D eigenvalue weighted by Gasteiger charge is -2.29. The van der Waals surface area contributed by atoms with Gasteiger partial charge in [0.05, 0.1) is 0 Å². The van der Waals surface area contributed by atoms with Crippen LogP contribution in [0, 0.1) is 11.8 Å². The third-order valence-electron chi connectivity index (χ3n) is 9.90. The van der Waals surface area contributed by atoms with Crippen molar-refractivity contribution in [1.82, 2.24) is 0 Å². The summed E-state index contributed by atoms with van der Waals surface area (Å²) in [5, 5.41) is 0. The molecule has 0 N–H and O–H groups in total. The number of rotatable bonds is 14. The number of ketones is 1. The molecule has 2 aromatic rings. The fraction of sp³-hybridized carbons (Fsp3) is 0.649. The molecule has 0 amide bonds. The largest absolute Gasteiger partial charge is 0.300 e. The predicted molar refractivity (Wildman–Crippen MR) is 163 cm³/mol. The molecule has 0 unspecified atom stereocenters. The Labute approximate surface area is 234 Å². The minimum atomic E-state index is 0.527. The highest BCUT2D eigenvalue weighted by Crippen LogP contribution is 2.39. The van der Waals surface area contributed by atoms with Gasteiger partial charge in [0.15, 0.2) is 0 Å². The van der Waals surface area contributed by atoms with Gasteiger partial charge < -0.3 is 0 Å². The van der Waals surface area contributed by atoms with E-state index < -0.39 is 0 Å². The van der Waals surface area contributed by atoms with E-state index in [0.717, 1.165) is 49.4 Å². The van der Waals surface area contributed by atoms with Crippen LogP contribution in [0.5, 0.6) is 0 Å². The molecule has 1 nitrogen and oxygen atoms in total. The van der Waals surface area contributed by atoms with Crippen LogP contribution in [0.4, 0.5) is 0 Å². The van der Waals surface area contributed by atoms with E-state index in [1.165, 1.54) is 101 Å². The molecule has 38 heavy (non-hydrogen) atoms. The van der Waals surface area contributed by atoms with Gasteiger partial charge >= 0.3 is 0 Å². The second-order valence-electron chi connectivity index (χ2n) is 12.7. The van der Waals surface area contributed by atoms with Crippen molar-refractivity contribution >= 4 is 5.78 Å². The van der Waals surface area contributed by atoms with Gasteiger partial charge in [0, 0.05) is 12.8 Å². The Bertz CT molecular complexity index is 846. The second kappa shape index (κ2) is 15.6. The predicted octanol–water partition coefficient (Wildman–Crippen LogP) is 10.7. The summed E-state index contributed by atoms with van der Waals surface area (Å²) in [4.78, 5) is 12.7. The Morgan fingerprint density at radius 1 is 0.579 bits per heavy atom. The molecule has 0 heterocycles. The first-order chi connectivity index (χ1) is 18.6. The van der Waals surface area contributed by atoms with Crippen LogP contribution in [0.15, 0.2) is 48.5 Å². The van der Waals surface area contributed by atoms with E-state index in [2.05, 4.69) is 62.4 Å². The maximum atomic E-state index is 12.7. The summed E-state index contributed by atoms with van der Waals surface area (Å²) in [6.07, 6.45) is 21.9. The highest BCUT2D eigenvalue weighted by atomic mass is 16.1. The van der Waals surface area contributed by atoms with Crippen LogP contribution in [0.3, 0.4) is 0 Å². The number of hydrogen-bond acceptors (Lipinski definition) is 1. The van der Waals surface area contributed by atoms with Crippen molar-refractivity contribution in [3.63, 3.8) is 0 Å². The Morgan fingerprint density at radius 2 is 0.947 bits per heavy atom. The van der Waals surface area contributed by atoms with Crippen LogP contribution in [-0.4, -0.2) is 5.78 Å². The van der Waals surface area contributed by atoms with Crippen molar-refractivity contribution in [3.05, 3.63) is 70.8 Å². The SMILES string of the molecule is CCCCc1ccc(C2CCC(CCC(=O)CC[C@H]3CC[C@H](c4ccc(CCCC)cc4)CC3)CC2)cc1. The normalized spacial score (nSPS) is 23.8. The van der Waals surface area contributed by atoms with Crippen LogP contribution in [0.1, 0.15) is 151 Å². The summed E-state index contributed by atoms with van der Waals surface area (Å²) >= 11 is 0. The zero-order valence-electron chi connectivity index (χ0n) is 24.6. The summed E-state index contributed by atoms with van der Waals surface area (Å²) in [5.74, 6) is 3.53. The molecule has 1 heteroatoms. The third-order valence-corrected chi connectivity index (χ3v) is 9.90. The summed E-state index contributed by atoms with van der Waals surface area (Å²) < 4.78 is 0. The minimum absolute atomic E-state index is 0.527. The van der Waals surface area contributed by atoms with Crippen molar-refractivity contribution in [2.75, 3.05) is 0 Å². The zero-order valence-corrected chi connectivity index (χ0v) is 24.6. The van der Waals surface area contributed by atoms with Crippen LogP contribution in [-0.2, 0) is 17.6 Å². The van der Waals surface area contributed by atoms with Gasteiger partial charge in [0.1, 0.15) is 5.78 Å². The number of carbonyl (C=O) groups excluding carboxylic acids is 1. The number of carbonyl (C=O) groups is 1. The summed E-state index contributed by atoms with van der Waals surface area (Å²) in [5.41, 5.74) is 6.06. The van der Waals surface area contributed by atoms with Gasteiger partial charge in [-0.1, -0.05) is 75.2 Å². The van der Waals surface area contributed by atoms with Gasteiger partial charge in [-0.3, -0.25) is 4.79 Å². The van der Waals surface area contributed by atoms with Crippen molar-refractivity contribution in [1.29, 1.82) is 0 Å². The first kappa shape index (κ1) is 29.1. The quantitative estimate of drug-likeness (QED) is 0.245. The number of hydrogen-bond donors (Lipinski definition) is 0.